The Morgan fingerprint density at radius 3 is 2.47 bits per heavy atom. The molecule has 0 fully saturated rings. The van der Waals surface area contributed by atoms with Gasteiger partial charge >= 0.3 is 0 Å². The fraction of sp³-hybridized carbons (Fsp3) is 0.750. The number of unbranched alkanes of at least 4 members (excludes halogenated alkanes) is 2. The van der Waals surface area contributed by atoms with E-state index < -0.39 is 0 Å². The van der Waals surface area contributed by atoms with Crippen LogP contribution >= 0.6 is 11.3 Å². The zero-order valence-electron chi connectivity index (χ0n) is 12.9. The molecule has 1 rings (SSSR count). The summed E-state index contributed by atoms with van der Waals surface area (Å²) in [6.45, 7) is 10.2. The fourth-order valence-corrected chi connectivity index (χ4v) is 3.49. The highest BCUT2D eigenvalue weighted by Crippen LogP contribution is 2.30. The van der Waals surface area contributed by atoms with E-state index in [1.165, 1.54) is 24.1 Å². The van der Waals surface area contributed by atoms with Crippen LogP contribution in [0.25, 0.3) is 0 Å². The molecule has 0 bridgehead atoms. The van der Waals surface area contributed by atoms with Gasteiger partial charge in [0.25, 0.3) is 0 Å². The molecule has 1 heterocycles. The van der Waals surface area contributed by atoms with Crippen molar-refractivity contribution in [3.8, 4) is 0 Å². The number of thiophene rings is 1. The molecule has 0 aromatic carbocycles. The van der Waals surface area contributed by atoms with Crippen molar-refractivity contribution in [2.24, 2.45) is 5.73 Å². The molecule has 2 N–H and O–H groups in total. The van der Waals surface area contributed by atoms with Gasteiger partial charge in [0.05, 0.1) is 6.04 Å². The summed E-state index contributed by atoms with van der Waals surface area (Å²) in [5, 5.41) is 2.16. The summed E-state index contributed by atoms with van der Waals surface area (Å²) < 4.78 is 0. The van der Waals surface area contributed by atoms with Crippen LogP contribution in [0, 0.1) is 0 Å². The van der Waals surface area contributed by atoms with Crippen molar-refractivity contribution in [3.05, 3.63) is 22.4 Å². The van der Waals surface area contributed by atoms with E-state index in [0.717, 1.165) is 13.0 Å². The molecule has 2 unspecified atom stereocenters. The topological polar surface area (TPSA) is 29.3 Å². The van der Waals surface area contributed by atoms with Crippen LogP contribution in [0.1, 0.15) is 64.3 Å². The Morgan fingerprint density at radius 2 is 2.00 bits per heavy atom. The Labute approximate surface area is 123 Å². The third-order valence-electron chi connectivity index (χ3n) is 3.75. The third-order valence-corrected chi connectivity index (χ3v) is 4.70. The van der Waals surface area contributed by atoms with Gasteiger partial charge in [0, 0.05) is 17.0 Å². The van der Waals surface area contributed by atoms with Crippen LogP contribution in [-0.4, -0.2) is 23.5 Å². The minimum Gasteiger partial charge on any atom is -0.326 e. The molecule has 1 aromatic rings. The van der Waals surface area contributed by atoms with Crippen molar-refractivity contribution in [3.63, 3.8) is 0 Å². The first-order valence-electron chi connectivity index (χ1n) is 7.66. The summed E-state index contributed by atoms with van der Waals surface area (Å²) in [7, 11) is 0. The Morgan fingerprint density at radius 1 is 1.26 bits per heavy atom. The first kappa shape index (κ1) is 16.7. The SMILES string of the molecule is CCCCCN(C(C)C)C(c1cccs1)C(N)CC. The lowest BCUT2D eigenvalue weighted by Crippen LogP contribution is -2.44. The molecule has 110 valence electrons. The van der Waals surface area contributed by atoms with E-state index in [0.29, 0.717) is 12.1 Å². The van der Waals surface area contributed by atoms with E-state index in [9.17, 15) is 0 Å². The predicted octanol–water partition coefficient (Wildman–Crippen LogP) is 4.43. The molecule has 0 aliphatic rings. The van der Waals surface area contributed by atoms with Crippen LogP contribution in [0.2, 0.25) is 0 Å². The smallest absolute Gasteiger partial charge is 0.0595 e. The second kappa shape index (κ2) is 8.72. The number of nitrogens with zero attached hydrogens (tertiary/aromatic N) is 1. The lowest BCUT2D eigenvalue weighted by molar-refractivity contribution is 0.129. The van der Waals surface area contributed by atoms with Gasteiger partial charge in [0.1, 0.15) is 0 Å². The van der Waals surface area contributed by atoms with E-state index in [-0.39, 0.29) is 6.04 Å². The van der Waals surface area contributed by atoms with E-state index in [1.54, 1.807) is 0 Å². The highest BCUT2D eigenvalue weighted by molar-refractivity contribution is 7.10. The second-order valence-corrected chi connectivity index (χ2v) is 6.55. The zero-order valence-corrected chi connectivity index (χ0v) is 13.7. The Kier molecular flexibility index (Phi) is 7.66. The Balaban J connectivity index is 2.85. The van der Waals surface area contributed by atoms with Gasteiger partial charge in [-0.25, -0.2) is 0 Å². The van der Waals surface area contributed by atoms with Gasteiger partial charge in [-0.15, -0.1) is 11.3 Å². The normalized spacial score (nSPS) is 15.1. The minimum atomic E-state index is 0.225. The molecule has 0 saturated carbocycles. The van der Waals surface area contributed by atoms with Crippen LogP contribution in [0.15, 0.2) is 17.5 Å². The number of hydrogen-bond donors (Lipinski definition) is 1. The molecule has 3 heteroatoms. The monoisotopic (exact) mass is 282 g/mol. The molecular formula is C16H30N2S. The molecule has 0 aliphatic heterocycles. The van der Waals surface area contributed by atoms with Crippen LogP contribution in [0.4, 0.5) is 0 Å². The molecular weight excluding hydrogens is 252 g/mol. The number of rotatable bonds is 9. The molecule has 0 radical (unpaired) electrons. The number of hydrogen-bond acceptors (Lipinski definition) is 3. The zero-order chi connectivity index (χ0) is 14.3. The van der Waals surface area contributed by atoms with E-state index in [4.69, 9.17) is 5.73 Å². The van der Waals surface area contributed by atoms with Crippen molar-refractivity contribution < 1.29 is 0 Å². The molecule has 0 saturated heterocycles. The fourth-order valence-electron chi connectivity index (χ4n) is 2.57. The summed E-state index contributed by atoms with van der Waals surface area (Å²) in [4.78, 5) is 4.01. The highest BCUT2D eigenvalue weighted by atomic mass is 32.1. The first-order valence-corrected chi connectivity index (χ1v) is 8.54. The van der Waals surface area contributed by atoms with Gasteiger partial charge in [-0.05, 0) is 44.7 Å². The molecule has 0 spiro atoms. The van der Waals surface area contributed by atoms with E-state index >= 15 is 0 Å². The largest absolute Gasteiger partial charge is 0.326 e. The summed E-state index contributed by atoms with van der Waals surface area (Å²) in [6.07, 6.45) is 4.88. The lowest BCUT2D eigenvalue weighted by atomic mass is 10.0. The minimum absolute atomic E-state index is 0.225. The van der Waals surface area contributed by atoms with Crippen LogP contribution in [0.5, 0.6) is 0 Å². The Hall–Kier alpha value is -0.380. The summed E-state index contributed by atoms with van der Waals surface area (Å²) >= 11 is 1.84. The molecule has 0 amide bonds. The second-order valence-electron chi connectivity index (χ2n) is 5.57. The van der Waals surface area contributed by atoms with Crippen molar-refractivity contribution in [2.75, 3.05) is 6.54 Å². The van der Waals surface area contributed by atoms with Gasteiger partial charge in [-0.3, -0.25) is 4.90 Å². The highest BCUT2D eigenvalue weighted by Gasteiger charge is 2.27. The summed E-state index contributed by atoms with van der Waals surface area (Å²) in [5.74, 6) is 0. The van der Waals surface area contributed by atoms with Gasteiger partial charge in [-0.1, -0.05) is 32.8 Å². The van der Waals surface area contributed by atoms with Gasteiger partial charge in [0.2, 0.25) is 0 Å². The van der Waals surface area contributed by atoms with Crippen molar-refractivity contribution >= 4 is 11.3 Å². The quantitative estimate of drug-likeness (QED) is 0.679. The summed E-state index contributed by atoms with van der Waals surface area (Å²) in [6, 6.07) is 5.52. The standard InChI is InChI=1S/C16H30N2S/c1-5-7-8-11-18(13(3)4)16(14(17)6-2)15-10-9-12-19-15/h9-10,12-14,16H,5-8,11,17H2,1-4H3. The van der Waals surface area contributed by atoms with Crippen molar-refractivity contribution in [1.82, 2.24) is 4.90 Å². The van der Waals surface area contributed by atoms with Gasteiger partial charge in [0.15, 0.2) is 0 Å². The van der Waals surface area contributed by atoms with E-state index in [2.05, 4.69) is 50.1 Å². The van der Waals surface area contributed by atoms with Crippen LogP contribution in [-0.2, 0) is 0 Å². The van der Waals surface area contributed by atoms with Gasteiger partial charge < -0.3 is 5.73 Å². The van der Waals surface area contributed by atoms with Gasteiger partial charge in [-0.2, -0.15) is 0 Å². The maximum atomic E-state index is 6.42. The predicted molar refractivity (Wildman–Crippen MR) is 86.7 cm³/mol. The molecule has 0 aliphatic carbocycles. The average Bonchev–Trinajstić information content (AvgIpc) is 2.90. The average molecular weight is 282 g/mol. The third kappa shape index (κ3) is 4.90. The molecule has 2 atom stereocenters. The number of nitrogens with two attached hydrogens (primary N) is 1. The molecule has 19 heavy (non-hydrogen) atoms. The van der Waals surface area contributed by atoms with E-state index in [1.807, 2.05) is 11.3 Å². The summed E-state index contributed by atoms with van der Waals surface area (Å²) in [5.41, 5.74) is 6.42. The van der Waals surface area contributed by atoms with Crippen LogP contribution in [0.3, 0.4) is 0 Å². The molecule has 1 aromatic heterocycles. The molecule has 2 nitrogen and oxygen atoms in total. The maximum absolute atomic E-state index is 6.42. The lowest BCUT2D eigenvalue weighted by Gasteiger charge is -2.37. The first-order chi connectivity index (χ1) is 9.11. The van der Waals surface area contributed by atoms with Crippen molar-refractivity contribution in [2.45, 2.75) is 71.5 Å². The Bertz CT molecular complexity index is 321. The maximum Gasteiger partial charge on any atom is 0.0595 e. The van der Waals surface area contributed by atoms with Crippen molar-refractivity contribution in [1.29, 1.82) is 0 Å². The van der Waals surface area contributed by atoms with Crippen LogP contribution < -0.4 is 5.73 Å².